The van der Waals surface area contributed by atoms with Crippen molar-refractivity contribution in [3.63, 3.8) is 0 Å². The molecule has 1 aliphatic carbocycles. The zero-order chi connectivity index (χ0) is 22.8. The summed E-state index contributed by atoms with van der Waals surface area (Å²) in [5.41, 5.74) is 0.809. The number of carbonyl (C=O) groups excluding carboxylic acids is 2. The van der Waals surface area contributed by atoms with Crippen LogP contribution in [0, 0.1) is 0 Å². The number of nitrogens with zero attached hydrogens (tertiary/aromatic N) is 3. The van der Waals surface area contributed by atoms with Crippen LogP contribution in [0.25, 0.3) is 0 Å². The smallest absolute Gasteiger partial charge is 0.338 e. The number of esters is 1. The Morgan fingerprint density at radius 2 is 2.21 bits per heavy atom. The van der Waals surface area contributed by atoms with E-state index in [1.54, 1.807) is 30.4 Å². The molecule has 1 atom stereocenters. The molecule has 0 radical (unpaired) electrons. The highest BCUT2D eigenvalue weighted by atomic mass is 32.2. The van der Waals surface area contributed by atoms with Crippen molar-refractivity contribution in [3.8, 4) is 0 Å². The molecule has 33 heavy (non-hydrogen) atoms. The van der Waals surface area contributed by atoms with Crippen LogP contribution in [0.4, 0.5) is 4.79 Å². The van der Waals surface area contributed by atoms with Crippen molar-refractivity contribution in [1.29, 1.82) is 0 Å². The normalized spacial score (nSPS) is 18.2. The second-order valence-corrected chi connectivity index (χ2v) is 9.68. The Bertz CT molecular complexity index is 1170. The highest BCUT2D eigenvalue weighted by Crippen LogP contribution is 2.40. The third kappa shape index (κ3) is 4.69. The van der Waals surface area contributed by atoms with Crippen molar-refractivity contribution in [1.82, 2.24) is 25.4 Å². The number of ether oxygens (including phenoxy) is 1. The molecule has 9 nitrogen and oxygen atoms in total. The van der Waals surface area contributed by atoms with E-state index in [2.05, 4.69) is 36.8 Å². The maximum atomic E-state index is 12.8. The van der Waals surface area contributed by atoms with E-state index in [9.17, 15) is 9.59 Å². The average Bonchev–Trinajstić information content (AvgIpc) is 3.21. The lowest BCUT2D eigenvalue weighted by Gasteiger charge is -2.27. The summed E-state index contributed by atoms with van der Waals surface area (Å²) >= 11 is 3.15. The van der Waals surface area contributed by atoms with E-state index < -0.39 is 18.0 Å². The van der Waals surface area contributed by atoms with Gasteiger partial charge in [-0.3, -0.25) is 0 Å². The topological polar surface area (TPSA) is 111 Å². The van der Waals surface area contributed by atoms with Crippen LogP contribution < -0.4 is 10.6 Å². The number of hydrogen-bond acceptors (Lipinski definition) is 8. The fourth-order valence-electron chi connectivity index (χ4n) is 3.78. The Balaban J connectivity index is 1.43. The van der Waals surface area contributed by atoms with E-state index in [1.807, 2.05) is 6.07 Å². The van der Waals surface area contributed by atoms with Crippen molar-refractivity contribution < 1.29 is 18.7 Å². The molecule has 2 amide bonds. The van der Waals surface area contributed by atoms with Gasteiger partial charge in [-0.1, -0.05) is 17.8 Å². The lowest BCUT2D eigenvalue weighted by atomic mass is 10.0. The Kier molecular flexibility index (Phi) is 6.23. The SMILES string of the molecule is CCOC(=O)C1=C(CSc2nnc(Cc3cccs3)n2C2CC2)NC(=O)NC1c1ccco1. The zero-order valence-corrected chi connectivity index (χ0v) is 19.6. The Labute approximate surface area is 198 Å². The van der Waals surface area contributed by atoms with Gasteiger partial charge >= 0.3 is 12.0 Å². The van der Waals surface area contributed by atoms with Gasteiger partial charge in [-0.2, -0.15) is 0 Å². The number of nitrogens with one attached hydrogen (secondary N) is 2. The van der Waals surface area contributed by atoms with Crippen molar-refractivity contribution >= 4 is 35.1 Å². The predicted molar refractivity (Wildman–Crippen MR) is 123 cm³/mol. The van der Waals surface area contributed by atoms with Crippen molar-refractivity contribution in [2.24, 2.45) is 0 Å². The summed E-state index contributed by atoms with van der Waals surface area (Å²) in [6.45, 7) is 1.97. The summed E-state index contributed by atoms with van der Waals surface area (Å²) in [5.74, 6) is 1.24. The highest BCUT2D eigenvalue weighted by molar-refractivity contribution is 7.99. The van der Waals surface area contributed by atoms with Gasteiger partial charge in [-0.25, -0.2) is 9.59 Å². The lowest BCUT2D eigenvalue weighted by molar-refractivity contribution is -0.139. The molecule has 1 aliphatic heterocycles. The van der Waals surface area contributed by atoms with Crippen LogP contribution in [0.2, 0.25) is 0 Å². The molecule has 1 saturated carbocycles. The maximum absolute atomic E-state index is 12.8. The van der Waals surface area contributed by atoms with E-state index >= 15 is 0 Å². The number of aromatic nitrogens is 3. The fraction of sp³-hybridized carbons (Fsp3) is 0.364. The van der Waals surface area contributed by atoms with E-state index in [4.69, 9.17) is 9.15 Å². The number of carbonyl (C=O) groups is 2. The number of amides is 2. The number of urea groups is 1. The first-order chi connectivity index (χ1) is 16.1. The Morgan fingerprint density at radius 3 is 2.91 bits per heavy atom. The number of furan rings is 1. The molecule has 4 heterocycles. The molecule has 3 aromatic heterocycles. The molecule has 1 fully saturated rings. The number of rotatable bonds is 9. The molecule has 0 spiro atoms. The number of hydrogen-bond donors (Lipinski definition) is 2. The van der Waals surface area contributed by atoms with E-state index in [1.165, 1.54) is 22.9 Å². The fourth-order valence-corrected chi connectivity index (χ4v) is 5.48. The number of thiophene rings is 1. The summed E-state index contributed by atoms with van der Waals surface area (Å²) in [4.78, 5) is 26.5. The van der Waals surface area contributed by atoms with E-state index in [0.29, 0.717) is 28.8 Å². The monoisotopic (exact) mass is 485 g/mol. The molecule has 0 saturated heterocycles. The largest absolute Gasteiger partial charge is 0.467 e. The number of thioether (sulfide) groups is 1. The molecule has 5 rings (SSSR count). The second-order valence-electron chi connectivity index (χ2n) is 7.70. The van der Waals surface area contributed by atoms with Crippen LogP contribution in [0.1, 0.15) is 48.3 Å². The minimum atomic E-state index is -0.723. The Hall–Kier alpha value is -3.05. The van der Waals surface area contributed by atoms with E-state index in [0.717, 1.165) is 30.2 Å². The van der Waals surface area contributed by atoms with Crippen LogP contribution in [0.5, 0.6) is 0 Å². The molecule has 3 aromatic rings. The summed E-state index contributed by atoms with van der Waals surface area (Å²) in [6.07, 6.45) is 4.44. The lowest BCUT2D eigenvalue weighted by Crippen LogP contribution is -2.46. The van der Waals surface area contributed by atoms with Crippen molar-refractivity contribution in [2.45, 2.75) is 43.4 Å². The quantitative estimate of drug-likeness (QED) is 0.350. The van der Waals surface area contributed by atoms with Gasteiger partial charge in [0.05, 0.1) is 18.4 Å². The van der Waals surface area contributed by atoms with E-state index in [-0.39, 0.29) is 6.61 Å². The molecule has 2 N–H and O–H groups in total. The maximum Gasteiger partial charge on any atom is 0.338 e. The van der Waals surface area contributed by atoms with Gasteiger partial charge in [0.25, 0.3) is 0 Å². The summed E-state index contributed by atoms with van der Waals surface area (Å²) < 4.78 is 13.0. The molecule has 2 aliphatic rings. The van der Waals surface area contributed by atoms with Crippen LogP contribution >= 0.6 is 23.1 Å². The summed E-state index contributed by atoms with van der Waals surface area (Å²) in [7, 11) is 0. The summed E-state index contributed by atoms with van der Waals surface area (Å²) in [5, 5.41) is 17.3. The zero-order valence-electron chi connectivity index (χ0n) is 17.9. The highest BCUT2D eigenvalue weighted by Gasteiger charge is 2.36. The molecular weight excluding hydrogens is 462 g/mol. The minimum Gasteiger partial charge on any atom is -0.467 e. The Morgan fingerprint density at radius 1 is 1.33 bits per heavy atom. The molecule has 0 aromatic carbocycles. The second kappa shape index (κ2) is 9.44. The van der Waals surface area contributed by atoms with Gasteiger partial charge in [0.15, 0.2) is 5.16 Å². The molecule has 11 heteroatoms. The van der Waals surface area contributed by atoms with Gasteiger partial charge in [-0.15, -0.1) is 21.5 Å². The van der Waals surface area contributed by atoms with Crippen LogP contribution in [0.15, 0.2) is 56.8 Å². The van der Waals surface area contributed by atoms with Crippen LogP contribution in [-0.2, 0) is 16.0 Å². The first-order valence-corrected chi connectivity index (χ1v) is 12.6. The minimum absolute atomic E-state index is 0.226. The first-order valence-electron chi connectivity index (χ1n) is 10.7. The third-order valence-corrected chi connectivity index (χ3v) is 7.23. The van der Waals surface area contributed by atoms with Crippen LogP contribution in [0.3, 0.4) is 0 Å². The average molecular weight is 486 g/mol. The van der Waals surface area contributed by atoms with Gasteiger partial charge in [0.1, 0.15) is 17.6 Å². The third-order valence-electron chi connectivity index (χ3n) is 5.38. The van der Waals surface area contributed by atoms with Crippen molar-refractivity contribution in [2.75, 3.05) is 12.4 Å². The van der Waals surface area contributed by atoms with Gasteiger partial charge in [0.2, 0.25) is 0 Å². The summed E-state index contributed by atoms with van der Waals surface area (Å²) in [6, 6.07) is 6.84. The first kappa shape index (κ1) is 21.8. The molecular formula is C22H23N5O4S2. The standard InChI is InChI=1S/C22H23N5O4S2/c1-2-30-20(28)18-15(23-21(29)24-19(18)16-6-3-9-31-16)12-33-22-26-25-17(27(22)13-7-8-13)11-14-5-4-10-32-14/h3-6,9-10,13,19H,2,7-8,11-12H2,1H3,(H2,23,24,29). The van der Waals surface area contributed by atoms with Gasteiger partial charge in [0, 0.05) is 28.8 Å². The molecule has 0 bridgehead atoms. The van der Waals surface area contributed by atoms with Gasteiger partial charge < -0.3 is 24.4 Å². The molecule has 1 unspecified atom stereocenters. The van der Waals surface area contributed by atoms with Gasteiger partial charge in [-0.05, 0) is 43.3 Å². The molecule has 172 valence electrons. The van der Waals surface area contributed by atoms with Crippen LogP contribution in [-0.4, -0.2) is 39.1 Å². The van der Waals surface area contributed by atoms with Crippen molar-refractivity contribution in [3.05, 3.63) is 63.6 Å². The predicted octanol–water partition coefficient (Wildman–Crippen LogP) is 3.82.